The lowest BCUT2D eigenvalue weighted by Crippen LogP contribution is -2.41. The molecule has 4 rings (SSSR count). The molecule has 1 amide bonds. The van der Waals surface area contributed by atoms with Crippen molar-refractivity contribution in [2.24, 2.45) is 0 Å². The van der Waals surface area contributed by atoms with Crippen molar-refractivity contribution in [3.63, 3.8) is 0 Å². The molecule has 1 fully saturated rings. The number of amides is 1. The fraction of sp³-hybridized carbons (Fsp3) is 0.375. The van der Waals surface area contributed by atoms with Gasteiger partial charge in [0.05, 0.1) is 14.2 Å². The van der Waals surface area contributed by atoms with E-state index in [-0.39, 0.29) is 18.5 Å². The van der Waals surface area contributed by atoms with Crippen LogP contribution in [0.15, 0.2) is 53.1 Å². The fourth-order valence-corrected chi connectivity index (χ4v) is 4.00. The van der Waals surface area contributed by atoms with E-state index in [1.807, 2.05) is 47.4 Å². The van der Waals surface area contributed by atoms with Gasteiger partial charge in [0.2, 0.25) is 11.7 Å². The summed E-state index contributed by atoms with van der Waals surface area (Å²) in [7, 11) is 3.22. The van der Waals surface area contributed by atoms with E-state index in [2.05, 4.69) is 10.1 Å². The van der Waals surface area contributed by atoms with E-state index in [1.54, 1.807) is 20.3 Å². The van der Waals surface area contributed by atoms with E-state index >= 15 is 0 Å². The summed E-state index contributed by atoms with van der Waals surface area (Å²) in [5.74, 6) is 2.30. The quantitative estimate of drug-likeness (QED) is 0.549. The van der Waals surface area contributed by atoms with Crippen LogP contribution in [0.4, 0.5) is 0 Å². The van der Waals surface area contributed by atoms with Crippen molar-refractivity contribution in [3.8, 4) is 22.9 Å². The van der Waals surface area contributed by atoms with Gasteiger partial charge in [-0.3, -0.25) is 4.79 Å². The van der Waals surface area contributed by atoms with Crippen molar-refractivity contribution in [1.29, 1.82) is 0 Å². The third kappa shape index (κ3) is 4.87. The van der Waals surface area contributed by atoms with Gasteiger partial charge in [0.1, 0.15) is 18.0 Å². The van der Waals surface area contributed by atoms with Crippen LogP contribution >= 0.6 is 0 Å². The summed E-state index contributed by atoms with van der Waals surface area (Å²) >= 11 is 0. The lowest BCUT2D eigenvalue weighted by molar-refractivity contribution is 0.0585. The highest BCUT2D eigenvalue weighted by atomic mass is 16.5. The minimum absolute atomic E-state index is 0.0463. The zero-order chi connectivity index (χ0) is 21.6. The fourth-order valence-electron chi connectivity index (χ4n) is 4.00. The average molecular weight is 421 g/mol. The summed E-state index contributed by atoms with van der Waals surface area (Å²) < 4.78 is 16.0. The molecule has 1 aliphatic rings. The summed E-state index contributed by atoms with van der Waals surface area (Å²) in [5, 5.41) is 4.11. The van der Waals surface area contributed by atoms with Gasteiger partial charge in [0.15, 0.2) is 0 Å². The molecule has 31 heavy (non-hydrogen) atoms. The first-order valence-corrected chi connectivity index (χ1v) is 10.6. The maximum Gasteiger partial charge on any atom is 0.254 e. The molecule has 162 valence electrons. The maximum atomic E-state index is 13.4. The predicted octanol–water partition coefficient (Wildman–Crippen LogP) is 4.73. The molecule has 7 heteroatoms. The van der Waals surface area contributed by atoms with Gasteiger partial charge >= 0.3 is 0 Å². The number of aromatic nitrogens is 2. The molecule has 2 aromatic carbocycles. The minimum atomic E-state index is -0.0463. The largest absolute Gasteiger partial charge is 0.497 e. The first kappa shape index (κ1) is 20.9. The van der Waals surface area contributed by atoms with Crippen LogP contribution in [-0.2, 0) is 6.54 Å². The number of ether oxygens (including phenoxy) is 2. The lowest BCUT2D eigenvalue weighted by atomic mass is 9.93. The monoisotopic (exact) mass is 421 g/mol. The van der Waals surface area contributed by atoms with Crippen molar-refractivity contribution in [3.05, 3.63) is 60.0 Å². The van der Waals surface area contributed by atoms with Gasteiger partial charge < -0.3 is 18.9 Å². The molecule has 7 nitrogen and oxygen atoms in total. The van der Waals surface area contributed by atoms with Crippen LogP contribution in [-0.4, -0.2) is 41.2 Å². The van der Waals surface area contributed by atoms with E-state index in [1.165, 1.54) is 6.42 Å². The van der Waals surface area contributed by atoms with Crippen LogP contribution in [0.2, 0.25) is 0 Å². The second-order valence-electron chi connectivity index (χ2n) is 7.70. The molecule has 0 bridgehead atoms. The maximum absolute atomic E-state index is 13.4. The molecule has 0 aliphatic heterocycles. The van der Waals surface area contributed by atoms with Crippen LogP contribution in [0.1, 0.15) is 48.4 Å². The van der Waals surface area contributed by atoms with Crippen molar-refractivity contribution >= 4 is 5.91 Å². The Morgan fingerprint density at radius 2 is 1.77 bits per heavy atom. The molecule has 1 aliphatic carbocycles. The van der Waals surface area contributed by atoms with Crippen molar-refractivity contribution in [2.75, 3.05) is 14.2 Å². The van der Waals surface area contributed by atoms with E-state index in [9.17, 15) is 4.79 Å². The van der Waals surface area contributed by atoms with Gasteiger partial charge in [0, 0.05) is 17.2 Å². The first-order valence-electron chi connectivity index (χ1n) is 10.6. The Kier molecular flexibility index (Phi) is 6.50. The Hall–Kier alpha value is -3.35. The molecule has 0 atom stereocenters. The molecule has 0 saturated heterocycles. The Labute approximate surface area is 182 Å². The van der Waals surface area contributed by atoms with Crippen LogP contribution in [0.3, 0.4) is 0 Å². The Morgan fingerprint density at radius 1 is 1.03 bits per heavy atom. The van der Waals surface area contributed by atoms with Crippen molar-refractivity contribution in [1.82, 2.24) is 15.0 Å². The smallest absolute Gasteiger partial charge is 0.254 e. The molecule has 0 N–H and O–H groups in total. The molecular weight excluding hydrogens is 394 g/mol. The average Bonchev–Trinajstić information content (AvgIpc) is 3.31. The van der Waals surface area contributed by atoms with E-state index in [0.29, 0.717) is 23.0 Å². The molecule has 1 heterocycles. The van der Waals surface area contributed by atoms with E-state index in [4.69, 9.17) is 14.0 Å². The van der Waals surface area contributed by atoms with Gasteiger partial charge in [0.25, 0.3) is 5.91 Å². The van der Waals surface area contributed by atoms with E-state index in [0.717, 1.165) is 37.0 Å². The highest BCUT2D eigenvalue weighted by Crippen LogP contribution is 2.27. The molecule has 0 spiro atoms. The second-order valence-corrected chi connectivity index (χ2v) is 7.70. The number of carbonyl (C=O) groups excluding carboxylic acids is 1. The highest BCUT2D eigenvalue weighted by Gasteiger charge is 2.28. The summed E-state index contributed by atoms with van der Waals surface area (Å²) in [6.07, 6.45) is 5.41. The molecule has 0 radical (unpaired) electrons. The molecule has 0 unspecified atom stereocenters. The third-order valence-electron chi connectivity index (χ3n) is 5.71. The second kappa shape index (κ2) is 9.64. The van der Waals surface area contributed by atoms with Crippen LogP contribution in [0.5, 0.6) is 11.5 Å². The zero-order valence-corrected chi connectivity index (χ0v) is 17.9. The molecule has 1 aromatic heterocycles. The number of hydrogen-bond acceptors (Lipinski definition) is 6. The number of hydrogen-bond donors (Lipinski definition) is 0. The van der Waals surface area contributed by atoms with E-state index < -0.39 is 0 Å². The Balaban J connectivity index is 1.57. The number of carbonyl (C=O) groups is 1. The number of nitrogens with zero attached hydrogens (tertiary/aromatic N) is 3. The topological polar surface area (TPSA) is 77.7 Å². The molecule has 3 aromatic rings. The van der Waals surface area contributed by atoms with Crippen LogP contribution in [0, 0.1) is 0 Å². The number of rotatable bonds is 7. The van der Waals surface area contributed by atoms with Gasteiger partial charge in [-0.15, -0.1) is 0 Å². The zero-order valence-electron chi connectivity index (χ0n) is 17.9. The van der Waals surface area contributed by atoms with Crippen molar-refractivity contribution < 1.29 is 18.8 Å². The molecular formula is C24H27N3O4. The Morgan fingerprint density at radius 3 is 2.48 bits per heavy atom. The van der Waals surface area contributed by atoms with Crippen molar-refractivity contribution in [2.45, 2.75) is 44.7 Å². The summed E-state index contributed by atoms with van der Waals surface area (Å²) in [4.78, 5) is 19.8. The standard InChI is InChI=1S/C24H27N3O4/c1-29-20-13-11-17(12-14-20)23-25-22(31-26-23)16-27(19-8-4-3-5-9-19)24(28)18-7-6-10-21(15-18)30-2/h6-7,10-15,19H,3-5,8-9,16H2,1-2H3. The SMILES string of the molecule is COc1ccc(-c2noc(CN(C(=O)c3cccc(OC)c3)C3CCCCC3)n2)cc1. The Bertz CT molecular complexity index is 1010. The highest BCUT2D eigenvalue weighted by molar-refractivity contribution is 5.94. The van der Waals surface area contributed by atoms with Gasteiger partial charge in [-0.05, 0) is 55.3 Å². The van der Waals surface area contributed by atoms with Crippen LogP contribution in [0.25, 0.3) is 11.4 Å². The van der Waals surface area contributed by atoms with Crippen LogP contribution < -0.4 is 9.47 Å². The van der Waals surface area contributed by atoms with Gasteiger partial charge in [-0.1, -0.05) is 30.5 Å². The van der Waals surface area contributed by atoms with Gasteiger partial charge in [-0.25, -0.2) is 0 Å². The lowest BCUT2D eigenvalue weighted by Gasteiger charge is -2.33. The minimum Gasteiger partial charge on any atom is -0.497 e. The van der Waals surface area contributed by atoms with Gasteiger partial charge in [-0.2, -0.15) is 4.98 Å². The summed E-state index contributed by atoms with van der Waals surface area (Å²) in [6.45, 7) is 0.282. The summed E-state index contributed by atoms with van der Waals surface area (Å²) in [6, 6.07) is 14.9. The number of methoxy groups -OCH3 is 2. The number of benzene rings is 2. The molecule has 1 saturated carbocycles. The predicted molar refractivity (Wildman–Crippen MR) is 116 cm³/mol. The normalized spacial score (nSPS) is 14.3. The third-order valence-corrected chi connectivity index (χ3v) is 5.71. The first-order chi connectivity index (χ1) is 15.2. The summed E-state index contributed by atoms with van der Waals surface area (Å²) in [5.41, 5.74) is 1.43.